The van der Waals surface area contributed by atoms with Crippen molar-refractivity contribution >= 4 is 11.6 Å². The van der Waals surface area contributed by atoms with Gasteiger partial charge in [0.15, 0.2) is 0 Å². The standard InChI is InChI=1S/C13H18ClNO/c1-16-13-5-4-11(9-12(13)14)10-3-2-7-15-8-6-10/h4-5,9-10,15H,2-3,6-8H2,1H3. The average Bonchev–Trinajstić information content (AvgIpc) is 2.57. The molecule has 1 heterocycles. The SMILES string of the molecule is COc1ccc(C2CCCNCC2)cc1Cl. The van der Waals surface area contributed by atoms with Crippen molar-refractivity contribution in [1.82, 2.24) is 5.32 Å². The molecule has 1 fully saturated rings. The van der Waals surface area contributed by atoms with E-state index >= 15 is 0 Å². The molecule has 0 amide bonds. The molecule has 1 N–H and O–H groups in total. The predicted octanol–water partition coefficient (Wildman–Crippen LogP) is 3.21. The van der Waals surface area contributed by atoms with Gasteiger partial charge in [-0.1, -0.05) is 17.7 Å². The molecule has 0 spiro atoms. The summed E-state index contributed by atoms with van der Waals surface area (Å²) in [6.45, 7) is 2.24. The molecule has 1 saturated heterocycles. The van der Waals surface area contributed by atoms with Crippen molar-refractivity contribution in [3.8, 4) is 5.75 Å². The normalized spacial score (nSPS) is 21.5. The van der Waals surface area contributed by atoms with E-state index in [0.29, 0.717) is 5.92 Å². The highest BCUT2D eigenvalue weighted by Crippen LogP contribution is 2.32. The molecular formula is C13H18ClNO. The van der Waals surface area contributed by atoms with E-state index in [9.17, 15) is 0 Å². The Morgan fingerprint density at radius 1 is 1.31 bits per heavy atom. The zero-order valence-corrected chi connectivity index (χ0v) is 10.4. The molecule has 1 unspecified atom stereocenters. The largest absolute Gasteiger partial charge is 0.495 e. The number of nitrogens with one attached hydrogen (secondary N) is 1. The Bertz CT molecular complexity index is 346. The average molecular weight is 240 g/mol. The van der Waals surface area contributed by atoms with E-state index in [1.54, 1.807) is 7.11 Å². The minimum atomic E-state index is 0.637. The molecule has 0 saturated carbocycles. The number of halogens is 1. The number of hydrogen-bond acceptors (Lipinski definition) is 2. The fourth-order valence-corrected chi connectivity index (χ4v) is 2.56. The fraction of sp³-hybridized carbons (Fsp3) is 0.538. The first-order valence-electron chi connectivity index (χ1n) is 5.85. The van der Waals surface area contributed by atoms with Gasteiger partial charge >= 0.3 is 0 Å². The van der Waals surface area contributed by atoms with Crippen LogP contribution in [-0.2, 0) is 0 Å². The molecule has 0 radical (unpaired) electrons. The Kier molecular flexibility index (Phi) is 4.08. The summed E-state index contributed by atoms with van der Waals surface area (Å²) in [6.07, 6.45) is 3.69. The lowest BCUT2D eigenvalue weighted by molar-refractivity contribution is 0.414. The van der Waals surface area contributed by atoms with Gasteiger partial charge in [0.25, 0.3) is 0 Å². The van der Waals surface area contributed by atoms with Gasteiger partial charge in [-0.25, -0.2) is 0 Å². The summed E-state index contributed by atoms with van der Waals surface area (Å²) < 4.78 is 5.17. The van der Waals surface area contributed by atoms with E-state index in [-0.39, 0.29) is 0 Å². The minimum absolute atomic E-state index is 0.637. The van der Waals surface area contributed by atoms with Crippen LogP contribution in [0.3, 0.4) is 0 Å². The fourth-order valence-electron chi connectivity index (χ4n) is 2.29. The predicted molar refractivity (Wildman–Crippen MR) is 67.5 cm³/mol. The first-order valence-corrected chi connectivity index (χ1v) is 6.23. The van der Waals surface area contributed by atoms with E-state index in [4.69, 9.17) is 16.3 Å². The van der Waals surface area contributed by atoms with E-state index < -0.39 is 0 Å². The Morgan fingerprint density at radius 2 is 2.19 bits per heavy atom. The van der Waals surface area contributed by atoms with Crippen molar-refractivity contribution in [3.05, 3.63) is 28.8 Å². The zero-order chi connectivity index (χ0) is 11.4. The summed E-state index contributed by atoms with van der Waals surface area (Å²) >= 11 is 6.15. The summed E-state index contributed by atoms with van der Waals surface area (Å²) in [5.41, 5.74) is 1.34. The molecular weight excluding hydrogens is 222 g/mol. The van der Waals surface area contributed by atoms with E-state index in [1.807, 2.05) is 6.07 Å². The summed E-state index contributed by atoms with van der Waals surface area (Å²) in [5, 5.41) is 4.15. The maximum Gasteiger partial charge on any atom is 0.137 e. The van der Waals surface area contributed by atoms with Crippen molar-refractivity contribution in [2.24, 2.45) is 0 Å². The van der Waals surface area contributed by atoms with Crippen LogP contribution < -0.4 is 10.1 Å². The lowest BCUT2D eigenvalue weighted by atomic mass is 9.92. The Hall–Kier alpha value is -0.730. The van der Waals surface area contributed by atoms with E-state index in [2.05, 4.69) is 17.4 Å². The molecule has 0 aliphatic carbocycles. The molecule has 2 nitrogen and oxygen atoms in total. The van der Waals surface area contributed by atoms with Crippen LogP contribution in [0.4, 0.5) is 0 Å². The van der Waals surface area contributed by atoms with Crippen LogP contribution in [0.1, 0.15) is 30.7 Å². The number of hydrogen-bond donors (Lipinski definition) is 1. The Labute approximate surface area is 102 Å². The van der Waals surface area contributed by atoms with E-state index in [1.165, 1.54) is 24.8 Å². The summed E-state index contributed by atoms with van der Waals surface area (Å²) in [7, 11) is 1.65. The second-order valence-electron chi connectivity index (χ2n) is 4.27. The quantitative estimate of drug-likeness (QED) is 0.856. The number of ether oxygens (including phenoxy) is 1. The van der Waals surface area contributed by atoms with Gasteiger partial charge in [-0.05, 0) is 56.0 Å². The van der Waals surface area contributed by atoms with Gasteiger partial charge in [0.1, 0.15) is 5.75 Å². The van der Waals surface area contributed by atoms with Gasteiger partial charge < -0.3 is 10.1 Å². The van der Waals surface area contributed by atoms with Crippen LogP contribution in [0.2, 0.25) is 5.02 Å². The van der Waals surface area contributed by atoms with Gasteiger partial charge in [0, 0.05) is 0 Å². The third-order valence-corrected chi connectivity index (χ3v) is 3.52. The van der Waals surface area contributed by atoms with Crippen molar-refractivity contribution in [2.45, 2.75) is 25.2 Å². The summed E-state index contributed by atoms with van der Waals surface area (Å²) in [6, 6.07) is 6.16. The zero-order valence-electron chi connectivity index (χ0n) is 9.63. The molecule has 2 rings (SSSR count). The number of benzene rings is 1. The maximum atomic E-state index is 6.15. The highest BCUT2D eigenvalue weighted by Gasteiger charge is 2.15. The van der Waals surface area contributed by atoms with Crippen LogP contribution in [0.25, 0.3) is 0 Å². The molecule has 1 aromatic rings. The first kappa shape index (κ1) is 11.7. The second-order valence-corrected chi connectivity index (χ2v) is 4.68. The van der Waals surface area contributed by atoms with Crippen molar-refractivity contribution in [1.29, 1.82) is 0 Å². The van der Waals surface area contributed by atoms with Crippen molar-refractivity contribution < 1.29 is 4.74 Å². The third kappa shape index (κ3) is 2.69. The van der Waals surface area contributed by atoms with Crippen molar-refractivity contribution in [3.63, 3.8) is 0 Å². The van der Waals surface area contributed by atoms with Crippen LogP contribution in [-0.4, -0.2) is 20.2 Å². The Morgan fingerprint density at radius 3 is 2.94 bits per heavy atom. The second kappa shape index (κ2) is 5.55. The molecule has 1 aliphatic rings. The Balaban J connectivity index is 2.16. The highest BCUT2D eigenvalue weighted by atomic mass is 35.5. The lowest BCUT2D eigenvalue weighted by Gasteiger charge is -2.15. The smallest absolute Gasteiger partial charge is 0.137 e. The van der Waals surface area contributed by atoms with E-state index in [0.717, 1.165) is 23.9 Å². The van der Waals surface area contributed by atoms with Crippen LogP contribution >= 0.6 is 11.6 Å². The minimum Gasteiger partial charge on any atom is -0.495 e. The van der Waals surface area contributed by atoms with Crippen LogP contribution in [0, 0.1) is 0 Å². The molecule has 1 atom stereocenters. The molecule has 1 aromatic carbocycles. The van der Waals surface area contributed by atoms with Gasteiger partial charge in [-0.15, -0.1) is 0 Å². The molecule has 1 aliphatic heterocycles. The molecule has 88 valence electrons. The first-order chi connectivity index (χ1) is 7.81. The van der Waals surface area contributed by atoms with Gasteiger partial charge in [-0.3, -0.25) is 0 Å². The highest BCUT2D eigenvalue weighted by molar-refractivity contribution is 6.32. The van der Waals surface area contributed by atoms with Crippen LogP contribution in [0.15, 0.2) is 18.2 Å². The summed E-state index contributed by atoms with van der Waals surface area (Å²) in [5.74, 6) is 1.40. The van der Waals surface area contributed by atoms with Gasteiger partial charge in [0.05, 0.1) is 12.1 Å². The molecule has 0 aromatic heterocycles. The third-order valence-electron chi connectivity index (χ3n) is 3.22. The topological polar surface area (TPSA) is 21.3 Å². The van der Waals surface area contributed by atoms with Gasteiger partial charge in [0.2, 0.25) is 0 Å². The number of rotatable bonds is 2. The summed E-state index contributed by atoms with van der Waals surface area (Å²) in [4.78, 5) is 0. The number of methoxy groups -OCH3 is 1. The monoisotopic (exact) mass is 239 g/mol. The van der Waals surface area contributed by atoms with Crippen LogP contribution in [0.5, 0.6) is 5.75 Å². The lowest BCUT2D eigenvalue weighted by Crippen LogP contribution is -2.13. The van der Waals surface area contributed by atoms with Crippen molar-refractivity contribution in [2.75, 3.05) is 20.2 Å². The molecule has 3 heteroatoms. The maximum absolute atomic E-state index is 6.15. The molecule has 0 bridgehead atoms. The molecule has 16 heavy (non-hydrogen) atoms. The van der Waals surface area contributed by atoms with Gasteiger partial charge in [-0.2, -0.15) is 0 Å².